The number of likely N-dealkylation sites (N-methyl/N-ethyl adjacent to an activating group) is 1. The van der Waals surface area contributed by atoms with Crippen molar-refractivity contribution in [1.29, 1.82) is 5.26 Å². The van der Waals surface area contributed by atoms with E-state index >= 15 is 8.78 Å². The number of carbonyl (C=O) groups is 1. The van der Waals surface area contributed by atoms with Gasteiger partial charge in [-0.25, -0.2) is 8.78 Å². The van der Waals surface area contributed by atoms with Crippen molar-refractivity contribution in [3.8, 4) is 29.0 Å². The number of hydrogen-bond donors (Lipinski definition) is 1. The molecular weight excluding hydrogens is 672 g/mol. The fourth-order valence-electron chi connectivity index (χ4n) is 8.77. The molecule has 49 heavy (non-hydrogen) atoms. The van der Waals surface area contributed by atoms with Gasteiger partial charge in [-0.3, -0.25) is 9.69 Å². The third-order valence-electron chi connectivity index (χ3n) is 10.9. The number of hydrogen-bond acceptors (Lipinski definition) is 10. The molecule has 256 valence electrons. The SMILES string of the molecule is CC(=O)N1C2CCC1CC(N1CCOc3c(Cl)c(-c4ccc(F)c5sc(N)c(C#N)c45)c(F)c4nc(O[C@@H](C)[C@@H]5CCCN5C)nc1c34)C2. The zero-order chi connectivity index (χ0) is 34.3. The van der Waals surface area contributed by atoms with Crippen LogP contribution >= 0.6 is 22.9 Å². The Balaban J connectivity index is 1.33. The molecule has 3 fully saturated rings. The van der Waals surface area contributed by atoms with Gasteiger partial charge in [0.2, 0.25) is 5.91 Å². The number of piperidine rings is 1. The molecule has 2 N–H and O–H groups in total. The summed E-state index contributed by atoms with van der Waals surface area (Å²) in [7, 11) is 2.06. The average molecular weight is 708 g/mol. The summed E-state index contributed by atoms with van der Waals surface area (Å²) in [5.41, 5.74) is 6.28. The molecule has 0 spiro atoms. The van der Waals surface area contributed by atoms with Gasteiger partial charge in [-0.1, -0.05) is 17.7 Å². The molecule has 0 aliphatic carbocycles. The number of nitrogens with two attached hydrogens (primary N) is 1. The molecule has 4 aliphatic heterocycles. The molecule has 2 unspecified atom stereocenters. The van der Waals surface area contributed by atoms with Gasteiger partial charge in [0, 0.05) is 42.0 Å². The Morgan fingerprint density at radius 2 is 1.92 bits per heavy atom. The second kappa shape index (κ2) is 12.1. The topological polar surface area (TPSA) is 121 Å². The molecule has 0 radical (unpaired) electrons. The van der Waals surface area contributed by atoms with Gasteiger partial charge in [0.05, 0.1) is 27.2 Å². The Labute approximate surface area is 291 Å². The van der Waals surface area contributed by atoms with Gasteiger partial charge in [0.15, 0.2) is 11.6 Å². The normalized spacial score (nSPS) is 24.3. The van der Waals surface area contributed by atoms with E-state index in [4.69, 9.17) is 31.8 Å². The largest absolute Gasteiger partial charge is 0.489 e. The number of halogens is 3. The molecule has 1 amide bonds. The number of aromatic nitrogens is 2. The molecule has 2 bridgehead atoms. The number of likely N-dealkylation sites (tertiary alicyclic amines) is 1. The maximum atomic E-state index is 17.3. The van der Waals surface area contributed by atoms with E-state index in [2.05, 4.69) is 27.9 Å². The lowest BCUT2D eigenvalue weighted by Gasteiger charge is -2.43. The van der Waals surface area contributed by atoms with E-state index in [0.29, 0.717) is 17.7 Å². The smallest absolute Gasteiger partial charge is 0.319 e. The van der Waals surface area contributed by atoms with E-state index in [0.717, 1.165) is 56.4 Å². The fraction of sp³-hybridized carbons (Fsp3) is 0.486. The summed E-state index contributed by atoms with van der Waals surface area (Å²) in [5, 5.41) is 10.6. The van der Waals surface area contributed by atoms with Crippen molar-refractivity contribution in [2.45, 2.75) is 82.6 Å². The summed E-state index contributed by atoms with van der Waals surface area (Å²) in [6.45, 7) is 5.23. The highest BCUT2D eigenvalue weighted by Crippen LogP contribution is 2.51. The van der Waals surface area contributed by atoms with Gasteiger partial charge in [-0.15, -0.1) is 11.3 Å². The molecule has 3 saturated heterocycles. The summed E-state index contributed by atoms with van der Waals surface area (Å²) in [5.74, 6) is -0.570. The number of ether oxygens (including phenoxy) is 2. The van der Waals surface area contributed by atoms with Crippen LogP contribution in [0.5, 0.6) is 11.8 Å². The van der Waals surface area contributed by atoms with Gasteiger partial charge in [-0.05, 0) is 70.7 Å². The summed E-state index contributed by atoms with van der Waals surface area (Å²) >= 11 is 8.02. The molecule has 4 atom stereocenters. The fourth-order valence-corrected chi connectivity index (χ4v) is 10.1. The highest BCUT2D eigenvalue weighted by molar-refractivity contribution is 7.23. The monoisotopic (exact) mass is 707 g/mol. The third kappa shape index (κ3) is 5.05. The molecular formula is C35H36ClF2N7O3S. The first-order valence-corrected chi connectivity index (χ1v) is 18.0. The van der Waals surface area contributed by atoms with Gasteiger partial charge >= 0.3 is 6.01 Å². The number of nitriles is 1. The summed E-state index contributed by atoms with van der Waals surface area (Å²) in [4.78, 5) is 28.6. The minimum absolute atomic E-state index is 0.0113. The Hall–Kier alpha value is -3.99. The van der Waals surface area contributed by atoms with Crippen LogP contribution < -0.4 is 20.1 Å². The zero-order valence-corrected chi connectivity index (χ0v) is 29.0. The predicted octanol–water partition coefficient (Wildman–Crippen LogP) is 6.50. The number of nitrogens with zero attached hydrogens (tertiary/aromatic N) is 6. The third-order valence-corrected chi connectivity index (χ3v) is 12.3. The lowest BCUT2D eigenvalue weighted by Crippen LogP contribution is -2.52. The van der Waals surface area contributed by atoms with Crippen molar-refractivity contribution in [3.63, 3.8) is 0 Å². The number of nitrogen functional groups attached to an aromatic ring is 1. The molecule has 4 aliphatic rings. The molecule has 4 aromatic rings. The van der Waals surface area contributed by atoms with Crippen LogP contribution in [0.2, 0.25) is 5.02 Å². The van der Waals surface area contributed by atoms with Crippen LogP contribution in [0.15, 0.2) is 12.1 Å². The van der Waals surface area contributed by atoms with Gasteiger partial charge < -0.3 is 25.0 Å². The van der Waals surface area contributed by atoms with Crippen molar-refractivity contribution in [1.82, 2.24) is 19.8 Å². The van der Waals surface area contributed by atoms with Crippen molar-refractivity contribution in [2.75, 3.05) is 37.4 Å². The maximum Gasteiger partial charge on any atom is 0.319 e. The highest BCUT2D eigenvalue weighted by Gasteiger charge is 2.45. The van der Waals surface area contributed by atoms with E-state index in [-0.39, 0.29) is 96.9 Å². The Bertz CT molecular complexity index is 2060. The lowest BCUT2D eigenvalue weighted by molar-refractivity contribution is -0.133. The van der Waals surface area contributed by atoms with Crippen LogP contribution in [0.3, 0.4) is 0 Å². The first-order chi connectivity index (χ1) is 23.6. The Kier molecular flexibility index (Phi) is 7.96. The summed E-state index contributed by atoms with van der Waals surface area (Å²) in [6.07, 6.45) is 5.10. The van der Waals surface area contributed by atoms with E-state index in [1.807, 2.05) is 11.8 Å². The van der Waals surface area contributed by atoms with Crippen LogP contribution in [-0.2, 0) is 4.79 Å². The minimum atomic E-state index is -0.763. The standard InChI is InChI=1S/C35H36ClF2N7O3S/c1-16(24-5-4-10-43(24)3)48-35-41-30-27-31(28(36)26(29(30)38)21-8-9-23(37)32-25(21)22(15-39)33(40)49-32)47-12-11-44(34(27)42-35)20-13-18-6-7-19(14-20)45(18)17(2)46/h8-9,16,18-20,24H,4-7,10-14,40H2,1-3H3/t16-,18?,19?,20?,24-/m0/s1. The van der Waals surface area contributed by atoms with Gasteiger partial charge in [0.25, 0.3) is 0 Å². The van der Waals surface area contributed by atoms with E-state index in [9.17, 15) is 10.1 Å². The number of anilines is 2. The van der Waals surface area contributed by atoms with Gasteiger partial charge in [0.1, 0.15) is 40.9 Å². The van der Waals surface area contributed by atoms with Crippen molar-refractivity contribution < 1.29 is 23.0 Å². The van der Waals surface area contributed by atoms with Crippen molar-refractivity contribution >= 4 is 60.7 Å². The summed E-state index contributed by atoms with van der Waals surface area (Å²) in [6, 6.07) is 5.11. The van der Waals surface area contributed by atoms with Crippen molar-refractivity contribution in [2.24, 2.45) is 0 Å². The van der Waals surface area contributed by atoms with Crippen LogP contribution in [0.1, 0.15) is 57.9 Å². The quantitative estimate of drug-likeness (QED) is 0.248. The predicted molar refractivity (Wildman–Crippen MR) is 185 cm³/mol. The molecule has 6 heterocycles. The summed E-state index contributed by atoms with van der Waals surface area (Å²) < 4.78 is 45.2. The maximum absolute atomic E-state index is 17.3. The average Bonchev–Trinajstić information content (AvgIpc) is 3.69. The molecule has 14 heteroatoms. The molecule has 2 aromatic heterocycles. The Morgan fingerprint density at radius 3 is 2.59 bits per heavy atom. The number of amides is 1. The van der Waals surface area contributed by atoms with Crippen molar-refractivity contribution in [3.05, 3.63) is 34.4 Å². The van der Waals surface area contributed by atoms with E-state index < -0.39 is 11.6 Å². The number of fused-ring (bicyclic) bond motifs is 3. The molecule has 10 nitrogen and oxygen atoms in total. The van der Waals surface area contributed by atoms with Gasteiger partial charge in [-0.2, -0.15) is 15.2 Å². The second-order valence-corrected chi connectivity index (χ2v) is 15.1. The van der Waals surface area contributed by atoms with Crippen LogP contribution in [-0.4, -0.2) is 82.7 Å². The second-order valence-electron chi connectivity index (χ2n) is 13.6. The molecule has 8 rings (SSSR count). The highest BCUT2D eigenvalue weighted by atomic mass is 35.5. The minimum Gasteiger partial charge on any atom is -0.489 e. The first-order valence-electron chi connectivity index (χ1n) is 16.8. The van der Waals surface area contributed by atoms with Crippen LogP contribution in [0, 0.1) is 23.0 Å². The number of thiophene rings is 1. The lowest BCUT2D eigenvalue weighted by atomic mass is 9.94. The number of benzene rings is 2. The number of carbonyl (C=O) groups excluding carboxylic acids is 1. The zero-order valence-electron chi connectivity index (χ0n) is 27.4. The number of rotatable bonds is 5. The van der Waals surface area contributed by atoms with Crippen LogP contribution in [0.25, 0.3) is 32.1 Å². The molecule has 2 aromatic carbocycles. The van der Waals surface area contributed by atoms with Crippen LogP contribution in [0.4, 0.5) is 19.6 Å². The first kappa shape index (κ1) is 32.2. The molecule has 0 saturated carbocycles. The van der Waals surface area contributed by atoms with E-state index in [1.165, 1.54) is 12.1 Å². The Morgan fingerprint density at radius 1 is 1.16 bits per heavy atom. The van der Waals surface area contributed by atoms with E-state index in [1.54, 1.807) is 6.92 Å².